The molecule has 0 spiro atoms. The number of nitro benzene ring substituents is 2. The zero-order valence-electron chi connectivity index (χ0n) is 17.6. The van der Waals surface area contributed by atoms with E-state index < -0.39 is 0 Å². The molecule has 0 N–H and O–H groups in total. The molecular formula is C26H20N2O4S. The average molecular weight is 457 g/mol. The predicted octanol–water partition coefficient (Wildman–Crippen LogP) is 6.84. The Morgan fingerprint density at radius 2 is 0.848 bits per heavy atom. The highest BCUT2D eigenvalue weighted by Crippen LogP contribution is 2.36. The third-order valence-electron chi connectivity index (χ3n) is 5.30. The summed E-state index contributed by atoms with van der Waals surface area (Å²) in [6.45, 7) is 0. The molecule has 0 aliphatic heterocycles. The van der Waals surface area contributed by atoms with Crippen molar-refractivity contribution in [3.05, 3.63) is 140 Å². The number of hydrogen-bond acceptors (Lipinski definition) is 5. The van der Waals surface area contributed by atoms with Crippen LogP contribution in [0.1, 0.15) is 22.3 Å². The zero-order chi connectivity index (χ0) is 23.2. The summed E-state index contributed by atoms with van der Waals surface area (Å²) in [6, 6.07) is 29.2. The molecule has 0 saturated heterocycles. The van der Waals surface area contributed by atoms with Crippen LogP contribution in [-0.4, -0.2) is 9.85 Å². The smallest absolute Gasteiger partial charge is 0.258 e. The van der Waals surface area contributed by atoms with E-state index in [2.05, 4.69) is 0 Å². The maximum Gasteiger partial charge on any atom is 0.272 e. The molecule has 0 saturated carbocycles. The SMILES string of the molecule is O=[N+]([O-])c1ccccc1Cc1ccccc1Sc1ccccc1Cc1ccccc1[N+](=O)[O-]. The van der Waals surface area contributed by atoms with Crippen molar-refractivity contribution in [2.24, 2.45) is 0 Å². The maximum atomic E-state index is 11.4. The van der Waals surface area contributed by atoms with E-state index in [9.17, 15) is 20.2 Å². The molecule has 4 rings (SSSR count). The van der Waals surface area contributed by atoms with Gasteiger partial charge < -0.3 is 0 Å². The molecular weight excluding hydrogens is 436 g/mol. The largest absolute Gasteiger partial charge is 0.272 e. The van der Waals surface area contributed by atoms with Crippen LogP contribution in [0, 0.1) is 20.2 Å². The summed E-state index contributed by atoms with van der Waals surface area (Å²) >= 11 is 1.57. The molecule has 4 aromatic carbocycles. The third-order valence-corrected chi connectivity index (χ3v) is 6.54. The molecule has 0 aliphatic carbocycles. The Morgan fingerprint density at radius 1 is 0.515 bits per heavy atom. The fraction of sp³-hybridized carbons (Fsp3) is 0.0769. The van der Waals surface area contributed by atoms with Crippen LogP contribution in [0.25, 0.3) is 0 Å². The third kappa shape index (κ3) is 5.27. The first-order valence-corrected chi connectivity index (χ1v) is 11.1. The Kier molecular flexibility index (Phi) is 6.80. The minimum Gasteiger partial charge on any atom is -0.258 e. The van der Waals surface area contributed by atoms with Gasteiger partial charge in [-0.3, -0.25) is 20.2 Å². The van der Waals surface area contributed by atoms with Crippen LogP contribution in [0.5, 0.6) is 0 Å². The van der Waals surface area contributed by atoms with Gasteiger partial charge in [-0.25, -0.2) is 0 Å². The normalized spacial score (nSPS) is 10.7. The minimum atomic E-state index is -0.354. The van der Waals surface area contributed by atoms with Crippen molar-refractivity contribution < 1.29 is 9.85 Å². The first kappa shape index (κ1) is 22.2. The summed E-state index contributed by atoms with van der Waals surface area (Å²) in [5.41, 5.74) is 3.49. The number of benzene rings is 4. The second-order valence-corrected chi connectivity index (χ2v) is 8.53. The molecule has 0 fully saturated rings. The molecule has 0 atom stereocenters. The molecule has 164 valence electrons. The second-order valence-electron chi connectivity index (χ2n) is 7.44. The number of rotatable bonds is 8. The van der Waals surface area contributed by atoms with Crippen molar-refractivity contribution in [1.82, 2.24) is 0 Å². The highest BCUT2D eigenvalue weighted by atomic mass is 32.2. The summed E-state index contributed by atoms with van der Waals surface area (Å²) < 4.78 is 0. The Bertz CT molecular complexity index is 1220. The first-order chi connectivity index (χ1) is 16.0. The van der Waals surface area contributed by atoms with E-state index in [0.29, 0.717) is 24.0 Å². The quantitative estimate of drug-likeness (QED) is 0.214. The maximum absolute atomic E-state index is 11.4. The molecule has 0 aromatic heterocycles. The van der Waals surface area contributed by atoms with Gasteiger partial charge in [-0.15, -0.1) is 0 Å². The van der Waals surface area contributed by atoms with Crippen LogP contribution >= 0.6 is 11.8 Å². The standard InChI is InChI=1S/C26H20N2O4S/c29-27(30)23-13-5-1-9-19(23)17-21-11-3-7-15-25(21)33-26-16-8-4-12-22(26)18-20-10-2-6-14-24(20)28(31)32/h1-16H,17-18H2. The Morgan fingerprint density at radius 3 is 1.24 bits per heavy atom. The van der Waals surface area contributed by atoms with Gasteiger partial charge in [0.1, 0.15) is 0 Å². The Hall–Kier alpha value is -3.97. The molecule has 0 heterocycles. The number of nitrogens with zero attached hydrogens (tertiary/aromatic N) is 2. The van der Waals surface area contributed by atoms with Crippen LogP contribution in [0.2, 0.25) is 0 Å². The molecule has 0 aliphatic rings. The van der Waals surface area contributed by atoms with E-state index in [4.69, 9.17) is 0 Å². The van der Waals surface area contributed by atoms with Gasteiger partial charge >= 0.3 is 0 Å². The summed E-state index contributed by atoms with van der Waals surface area (Å²) in [6.07, 6.45) is 0.874. The molecule has 4 aromatic rings. The minimum absolute atomic E-state index is 0.106. The molecule has 0 unspecified atom stereocenters. The van der Waals surface area contributed by atoms with Crippen molar-refractivity contribution in [3.8, 4) is 0 Å². The lowest BCUT2D eigenvalue weighted by Crippen LogP contribution is -1.99. The lowest BCUT2D eigenvalue weighted by molar-refractivity contribution is -0.385. The monoisotopic (exact) mass is 456 g/mol. The van der Waals surface area contributed by atoms with E-state index in [1.54, 1.807) is 48.2 Å². The Labute approximate surface area is 195 Å². The molecule has 0 bridgehead atoms. The average Bonchev–Trinajstić information content (AvgIpc) is 2.82. The van der Waals surface area contributed by atoms with Gasteiger partial charge in [0.25, 0.3) is 11.4 Å². The highest BCUT2D eigenvalue weighted by Gasteiger charge is 2.17. The predicted molar refractivity (Wildman–Crippen MR) is 129 cm³/mol. The van der Waals surface area contributed by atoms with E-state index in [1.807, 2.05) is 48.5 Å². The molecule has 0 radical (unpaired) electrons. The van der Waals surface area contributed by atoms with Crippen LogP contribution < -0.4 is 0 Å². The van der Waals surface area contributed by atoms with Gasteiger partial charge in [0, 0.05) is 45.9 Å². The van der Waals surface area contributed by atoms with Crippen molar-refractivity contribution in [1.29, 1.82) is 0 Å². The van der Waals surface area contributed by atoms with Gasteiger partial charge in [-0.1, -0.05) is 84.6 Å². The van der Waals surface area contributed by atoms with Gasteiger partial charge in [0.2, 0.25) is 0 Å². The van der Waals surface area contributed by atoms with Crippen molar-refractivity contribution >= 4 is 23.1 Å². The summed E-state index contributed by atoms with van der Waals surface area (Å²) in [7, 11) is 0. The van der Waals surface area contributed by atoms with Crippen LogP contribution in [-0.2, 0) is 12.8 Å². The first-order valence-electron chi connectivity index (χ1n) is 10.3. The van der Waals surface area contributed by atoms with E-state index >= 15 is 0 Å². The number of hydrogen-bond donors (Lipinski definition) is 0. The van der Waals surface area contributed by atoms with Gasteiger partial charge in [0.05, 0.1) is 9.85 Å². The topological polar surface area (TPSA) is 86.3 Å². The van der Waals surface area contributed by atoms with Gasteiger partial charge in [0.15, 0.2) is 0 Å². The molecule has 6 nitrogen and oxygen atoms in total. The van der Waals surface area contributed by atoms with E-state index in [1.165, 1.54) is 12.1 Å². The van der Waals surface area contributed by atoms with Crippen molar-refractivity contribution in [2.45, 2.75) is 22.6 Å². The van der Waals surface area contributed by atoms with Gasteiger partial charge in [-0.05, 0) is 23.3 Å². The summed E-state index contributed by atoms with van der Waals surface area (Å²) in [5, 5.41) is 22.9. The zero-order valence-corrected chi connectivity index (χ0v) is 18.4. The number of para-hydroxylation sites is 2. The van der Waals surface area contributed by atoms with Crippen LogP contribution in [0.3, 0.4) is 0 Å². The summed E-state index contributed by atoms with van der Waals surface area (Å²) in [5.74, 6) is 0. The lowest BCUT2D eigenvalue weighted by Gasteiger charge is -2.13. The number of nitro groups is 2. The Balaban J connectivity index is 1.65. The van der Waals surface area contributed by atoms with Crippen molar-refractivity contribution in [2.75, 3.05) is 0 Å². The van der Waals surface area contributed by atoms with E-state index in [0.717, 1.165) is 20.9 Å². The lowest BCUT2D eigenvalue weighted by atomic mass is 10.0. The van der Waals surface area contributed by atoms with Gasteiger partial charge in [-0.2, -0.15) is 0 Å². The van der Waals surface area contributed by atoms with Crippen molar-refractivity contribution in [3.63, 3.8) is 0 Å². The fourth-order valence-electron chi connectivity index (χ4n) is 3.70. The summed E-state index contributed by atoms with van der Waals surface area (Å²) in [4.78, 5) is 24.1. The highest BCUT2D eigenvalue weighted by molar-refractivity contribution is 7.99. The fourth-order valence-corrected chi connectivity index (χ4v) is 4.78. The second kappa shape index (κ2) is 10.1. The molecule has 7 heteroatoms. The van der Waals surface area contributed by atoms with Crippen LogP contribution in [0.4, 0.5) is 11.4 Å². The van der Waals surface area contributed by atoms with E-state index in [-0.39, 0.29) is 21.2 Å². The molecule has 0 amide bonds. The van der Waals surface area contributed by atoms with Crippen LogP contribution in [0.15, 0.2) is 107 Å². The molecule has 33 heavy (non-hydrogen) atoms.